The van der Waals surface area contributed by atoms with E-state index in [1.807, 2.05) is 0 Å². The second kappa shape index (κ2) is 8.36. The lowest BCUT2D eigenvalue weighted by atomic mass is 9.87. The molecule has 0 bridgehead atoms. The Labute approximate surface area is 107 Å². The Balaban J connectivity index is 1.99. The zero-order valence-corrected chi connectivity index (χ0v) is 11.8. The molecule has 1 saturated heterocycles. The van der Waals surface area contributed by atoms with Gasteiger partial charge in [0.05, 0.1) is 0 Å². The molecule has 0 spiro atoms. The van der Waals surface area contributed by atoms with Crippen LogP contribution in [0.25, 0.3) is 0 Å². The van der Waals surface area contributed by atoms with Gasteiger partial charge in [0.2, 0.25) is 0 Å². The highest BCUT2D eigenvalue weighted by Gasteiger charge is 2.20. The van der Waals surface area contributed by atoms with E-state index in [-0.39, 0.29) is 0 Å². The molecule has 0 aliphatic carbocycles. The zero-order valence-electron chi connectivity index (χ0n) is 11.1. The molecule has 0 radical (unpaired) electrons. The smallest absolute Gasteiger partial charge is 0.0223 e. The van der Waals surface area contributed by atoms with Crippen LogP contribution in [0.5, 0.6) is 0 Å². The van der Waals surface area contributed by atoms with Gasteiger partial charge in [0.1, 0.15) is 0 Å². The summed E-state index contributed by atoms with van der Waals surface area (Å²) < 4.78 is 0. The van der Waals surface area contributed by atoms with Crippen molar-refractivity contribution in [2.75, 3.05) is 25.5 Å². The number of rotatable bonds is 7. The molecule has 1 nitrogen and oxygen atoms in total. The lowest BCUT2D eigenvalue weighted by molar-refractivity contribution is 0.156. The summed E-state index contributed by atoms with van der Waals surface area (Å²) in [7, 11) is 0. The molecule has 96 valence electrons. The maximum absolute atomic E-state index is 5.66. The van der Waals surface area contributed by atoms with Gasteiger partial charge in [-0.05, 0) is 57.2 Å². The van der Waals surface area contributed by atoms with Crippen molar-refractivity contribution in [3.05, 3.63) is 0 Å². The number of likely N-dealkylation sites (tertiary alicyclic amines) is 1. The predicted octanol–water partition coefficient (Wildman–Crippen LogP) is 4.15. The van der Waals surface area contributed by atoms with Crippen molar-refractivity contribution in [2.24, 2.45) is 11.8 Å². The molecule has 1 rings (SSSR count). The van der Waals surface area contributed by atoms with Crippen molar-refractivity contribution in [3.8, 4) is 0 Å². The first-order chi connectivity index (χ1) is 7.74. The van der Waals surface area contributed by atoms with Gasteiger partial charge < -0.3 is 4.90 Å². The standard InChI is InChI=1S/C14H28ClN/c1-13(2)14-7-11-16(12-8-14)10-6-4-3-5-9-15/h13-14H,3-12H2,1-2H3. The Kier molecular flexibility index (Phi) is 7.47. The second-order valence-electron chi connectivity index (χ2n) is 5.53. The number of hydrogen-bond acceptors (Lipinski definition) is 1. The second-order valence-corrected chi connectivity index (χ2v) is 5.90. The van der Waals surface area contributed by atoms with E-state index in [9.17, 15) is 0 Å². The van der Waals surface area contributed by atoms with E-state index in [1.54, 1.807) is 0 Å². The number of nitrogens with zero attached hydrogens (tertiary/aromatic N) is 1. The third kappa shape index (κ3) is 5.54. The van der Waals surface area contributed by atoms with Gasteiger partial charge in [-0.25, -0.2) is 0 Å². The summed E-state index contributed by atoms with van der Waals surface area (Å²) in [5, 5.41) is 0. The molecule has 0 saturated carbocycles. The van der Waals surface area contributed by atoms with E-state index in [0.717, 1.165) is 17.7 Å². The summed E-state index contributed by atoms with van der Waals surface area (Å²) in [5.41, 5.74) is 0. The van der Waals surface area contributed by atoms with Crippen molar-refractivity contribution in [2.45, 2.75) is 52.4 Å². The first-order valence-electron chi connectivity index (χ1n) is 7.02. The van der Waals surface area contributed by atoms with Crippen LogP contribution < -0.4 is 0 Å². The molecule has 0 aromatic carbocycles. The molecule has 16 heavy (non-hydrogen) atoms. The molecule has 2 heteroatoms. The molecular weight excluding hydrogens is 218 g/mol. The average Bonchev–Trinajstić information content (AvgIpc) is 2.29. The summed E-state index contributed by atoms with van der Waals surface area (Å²) in [6.45, 7) is 8.71. The van der Waals surface area contributed by atoms with Crippen LogP contribution in [0, 0.1) is 11.8 Å². The van der Waals surface area contributed by atoms with Crippen molar-refractivity contribution in [1.82, 2.24) is 4.90 Å². The Morgan fingerprint density at radius 1 is 1.06 bits per heavy atom. The number of unbranched alkanes of at least 4 members (excludes halogenated alkanes) is 3. The van der Waals surface area contributed by atoms with Crippen LogP contribution in [0.15, 0.2) is 0 Å². The predicted molar refractivity (Wildman–Crippen MR) is 73.2 cm³/mol. The quantitative estimate of drug-likeness (QED) is 0.481. The molecule has 0 atom stereocenters. The summed E-state index contributed by atoms with van der Waals surface area (Å²) in [6.07, 6.45) is 8.06. The minimum atomic E-state index is 0.833. The van der Waals surface area contributed by atoms with Crippen LogP contribution in [-0.4, -0.2) is 30.4 Å². The first-order valence-corrected chi connectivity index (χ1v) is 7.55. The fourth-order valence-electron chi connectivity index (χ4n) is 2.63. The molecule has 1 aliphatic heterocycles. The Bertz CT molecular complexity index is 162. The monoisotopic (exact) mass is 245 g/mol. The lowest BCUT2D eigenvalue weighted by Crippen LogP contribution is -2.35. The molecular formula is C14H28ClN. The third-order valence-corrected chi connectivity index (χ3v) is 4.20. The van der Waals surface area contributed by atoms with Gasteiger partial charge in [0.25, 0.3) is 0 Å². The molecule has 0 unspecified atom stereocenters. The summed E-state index contributed by atoms with van der Waals surface area (Å²) in [6, 6.07) is 0. The Morgan fingerprint density at radius 2 is 1.69 bits per heavy atom. The summed E-state index contributed by atoms with van der Waals surface area (Å²) >= 11 is 5.66. The lowest BCUT2D eigenvalue weighted by Gasteiger charge is -2.33. The van der Waals surface area contributed by atoms with Gasteiger partial charge in [0, 0.05) is 5.88 Å². The molecule has 1 aliphatic rings. The van der Waals surface area contributed by atoms with E-state index >= 15 is 0 Å². The summed E-state index contributed by atoms with van der Waals surface area (Å²) in [4.78, 5) is 2.65. The van der Waals surface area contributed by atoms with Crippen LogP contribution >= 0.6 is 11.6 Å². The Hall–Kier alpha value is 0.250. The SMILES string of the molecule is CC(C)C1CCN(CCCCCCCl)CC1. The van der Waals surface area contributed by atoms with Crippen LogP contribution in [0.1, 0.15) is 52.4 Å². The maximum atomic E-state index is 5.66. The number of hydrogen-bond donors (Lipinski definition) is 0. The van der Waals surface area contributed by atoms with Gasteiger partial charge >= 0.3 is 0 Å². The highest BCUT2D eigenvalue weighted by molar-refractivity contribution is 6.17. The van der Waals surface area contributed by atoms with Gasteiger partial charge in [0.15, 0.2) is 0 Å². The fourth-order valence-corrected chi connectivity index (χ4v) is 2.82. The molecule has 0 aromatic heterocycles. The molecule has 0 amide bonds. The highest BCUT2D eigenvalue weighted by atomic mass is 35.5. The van der Waals surface area contributed by atoms with Gasteiger partial charge in [-0.2, -0.15) is 0 Å². The zero-order chi connectivity index (χ0) is 11.8. The number of alkyl halides is 1. The van der Waals surface area contributed by atoms with Crippen LogP contribution in [-0.2, 0) is 0 Å². The van der Waals surface area contributed by atoms with Gasteiger partial charge in [-0.1, -0.05) is 26.7 Å². The first kappa shape index (κ1) is 14.3. The van der Waals surface area contributed by atoms with Crippen molar-refractivity contribution in [1.29, 1.82) is 0 Å². The van der Waals surface area contributed by atoms with Gasteiger partial charge in [-0.15, -0.1) is 11.6 Å². The van der Waals surface area contributed by atoms with Crippen molar-refractivity contribution >= 4 is 11.6 Å². The third-order valence-electron chi connectivity index (χ3n) is 3.93. The average molecular weight is 246 g/mol. The highest BCUT2D eigenvalue weighted by Crippen LogP contribution is 2.24. The topological polar surface area (TPSA) is 3.24 Å². The normalized spacial score (nSPS) is 19.5. The van der Waals surface area contributed by atoms with Crippen molar-refractivity contribution in [3.63, 3.8) is 0 Å². The largest absolute Gasteiger partial charge is 0.303 e. The molecule has 0 aromatic rings. The van der Waals surface area contributed by atoms with E-state index in [1.165, 1.54) is 58.2 Å². The van der Waals surface area contributed by atoms with E-state index < -0.39 is 0 Å². The molecule has 1 heterocycles. The summed E-state index contributed by atoms with van der Waals surface area (Å²) in [5.74, 6) is 2.69. The van der Waals surface area contributed by atoms with Crippen LogP contribution in [0.2, 0.25) is 0 Å². The molecule has 0 N–H and O–H groups in total. The van der Waals surface area contributed by atoms with Crippen molar-refractivity contribution < 1.29 is 0 Å². The molecule has 1 fully saturated rings. The number of halogens is 1. The number of piperidine rings is 1. The fraction of sp³-hybridized carbons (Fsp3) is 1.00. The Morgan fingerprint density at radius 3 is 2.25 bits per heavy atom. The maximum Gasteiger partial charge on any atom is 0.0223 e. The van der Waals surface area contributed by atoms with Crippen LogP contribution in [0.4, 0.5) is 0 Å². The minimum absolute atomic E-state index is 0.833. The van der Waals surface area contributed by atoms with E-state index in [0.29, 0.717) is 0 Å². The van der Waals surface area contributed by atoms with E-state index in [2.05, 4.69) is 18.7 Å². The minimum Gasteiger partial charge on any atom is -0.303 e. The van der Waals surface area contributed by atoms with Crippen LogP contribution in [0.3, 0.4) is 0 Å². The van der Waals surface area contributed by atoms with Gasteiger partial charge in [-0.3, -0.25) is 0 Å². The van der Waals surface area contributed by atoms with E-state index in [4.69, 9.17) is 11.6 Å².